The van der Waals surface area contributed by atoms with Crippen molar-refractivity contribution < 1.29 is 19.1 Å². The average Bonchev–Trinajstić information content (AvgIpc) is 3.36. The summed E-state index contributed by atoms with van der Waals surface area (Å²) in [4.78, 5) is 26.5. The van der Waals surface area contributed by atoms with Crippen molar-refractivity contribution in [1.29, 1.82) is 0 Å². The van der Waals surface area contributed by atoms with E-state index >= 15 is 0 Å². The van der Waals surface area contributed by atoms with E-state index in [1.54, 1.807) is 24.3 Å². The van der Waals surface area contributed by atoms with Crippen LogP contribution in [0.1, 0.15) is 30.5 Å². The molecule has 3 aromatic rings. The SMILES string of the molecule is COc1cccc(OC)c1C(=O)NCc1ccc(C(=O)c2ccsc2)s1. The molecule has 1 N–H and O–H groups in total. The number of benzene rings is 1. The number of ketones is 1. The van der Waals surface area contributed by atoms with Gasteiger partial charge in [0.05, 0.1) is 25.6 Å². The molecule has 0 aliphatic carbocycles. The lowest BCUT2D eigenvalue weighted by Gasteiger charge is -2.12. The van der Waals surface area contributed by atoms with E-state index < -0.39 is 0 Å². The lowest BCUT2D eigenvalue weighted by atomic mass is 10.1. The fourth-order valence-corrected chi connectivity index (χ4v) is 4.01. The van der Waals surface area contributed by atoms with Crippen molar-refractivity contribution >= 4 is 34.4 Å². The number of rotatable bonds is 7. The highest BCUT2D eigenvalue weighted by atomic mass is 32.1. The van der Waals surface area contributed by atoms with E-state index in [1.165, 1.54) is 36.9 Å². The Kier molecular flexibility index (Phi) is 5.70. The summed E-state index contributed by atoms with van der Waals surface area (Å²) >= 11 is 2.87. The first-order chi connectivity index (χ1) is 12.6. The number of ether oxygens (including phenoxy) is 2. The molecule has 1 aromatic carbocycles. The van der Waals surface area contributed by atoms with Gasteiger partial charge in [-0.3, -0.25) is 9.59 Å². The largest absolute Gasteiger partial charge is 0.496 e. The van der Waals surface area contributed by atoms with Gasteiger partial charge in [0.25, 0.3) is 5.91 Å². The Labute approximate surface area is 159 Å². The number of nitrogens with one attached hydrogen (secondary N) is 1. The van der Waals surface area contributed by atoms with Crippen molar-refractivity contribution in [2.45, 2.75) is 6.54 Å². The Bertz CT molecular complexity index is 893. The van der Waals surface area contributed by atoms with Crippen molar-refractivity contribution in [3.05, 3.63) is 68.0 Å². The lowest BCUT2D eigenvalue weighted by Crippen LogP contribution is -2.23. The van der Waals surface area contributed by atoms with Crippen molar-refractivity contribution in [1.82, 2.24) is 5.32 Å². The third-order valence-corrected chi connectivity index (χ3v) is 5.51. The molecular weight excluding hydrogens is 370 g/mol. The predicted molar refractivity (Wildman–Crippen MR) is 103 cm³/mol. The molecule has 0 radical (unpaired) electrons. The number of carbonyl (C=O) groups is 2. The van der Waals surface area contributed by atoms with Gasteiger partial charge in [0, 0.05) is 15.8 Å². The summed E-state index contributed by atoms with van der Waals surface area (Å²) in [6, 6.07) is 10.6. The summed E-state index contributed by atoms with van der Waals surface area (Å²) in [6.45, 7) is 0.321. The highest BCUT2D eigenvalue weighted by Crippen LogP contribution is 2.28. The highest BCUT2D eigenvalue weighted by Gasteiger charge is 2.18. The summed E-state index contributed by atoms with van der Waals surface area (Å²) in [5, 5.41) is 6.56. The molecule has 1 amide bonds. The number of hydrogen-bond donors (Lipinski definition) is 1. The molecule has 0 aliphatic rings. The molecule has 7 heteroatoms. The topological polar surface area (TPSA) is 64.6 Å². The Morgan fingerprint density at radius 2 is 1.77 bits per heavy atom. The van der Waals surface area contributed by atoms with Crippen molar-refractivity contribution in [3.8, 4) is 11.5 Å². The minimum atomic E-state index is -0.293. The molecule has 0 unspecified atom stereocenters. The number of hydrogen-bond acceptors (Lipinski definition) is 6. The fraction of sp³-hybridized carbons (Fsp3) is 0.158. The maximum atomic E-state index is 12.6. The van der Waals surface area contributed by atoms with Crippen molar-refractivity contribution in [2.24, 2.45) is 0 Å². The lowest BCUT2D eigenvalue weighted by molar-refractivity contribution is 0.0944. The minimum Gasteiger partial charge on any atom is -0.496 e. The Morgan fingerprint density at radius 1 is 1.04 bits per heavy atom. The van der Waals surface area contributed by atoms with Gasteiger partial charge in [-0.1, -0.05) is 6.07 Å². The van der Waals surface area contributed by atoms with E-state index in [2.05, 4.69) is 5.32 Å². The molecule has 0 spiro atoms. The monoisotopic (exact) mass is 387 g/mol. The van der Waals surface area contributed by atoms with Crippen LogP contribution in [-0.2, 0) is 6.54 Å². The predicted octanol–water partition coefficient (Wildman–Crippen LogP) is 3.99. The van der Waals surface area contributed by atoms with E-state index in [0.717, 1.165) is 4.88 Å². The van der Waals surface area contributed by atoms with Crippen LogP contribution in [0.15, 0.2) is 47.2 Å². The molecule has 2 heterocycles. The number of methoxy groups -OCH3 is 2. The normalized spacial score (nSPS) is 10.4. The quantitative estimate of drug-likeness (QED) is 0.623. The second kappa shape index (κ2) is 8.16. The van der Waals surface area contributed by atoms with E-state index in [0.29, 0.717) is 34.0 Å². The average molecular weight is 387 g/mol. The van der Waals surface area contributed by atoms with Gasteiger partial charge < -0.3 is 14.8 Å². The smallest absolute Gasteiger partial charge is 0.259 e. The van der Waals surface area contributed by atoms with Crippen LogP contribution in [-0.4, -0.2) is 25.9 Å². The molecule has 2 aromatic heterocycles. The third kappa shape index (κ3) is 3.79. The summed E-state index contributed by atoms with van der Waals surface area (Å²) < 4.78 is 10.5. The van der Waals surface area contributed by atoms with Gasteiger partial charge in [0.1, 0.15) is 17.1 Å². The molecule has 0 bridgehead atoms. The summed E-state index contributed by atoms with van der Waals surface area (Å²) in [6.07, 6.45) is 0. The van der Waals surface area contributed by atoms with Gasteiger partial charge in [-0.2, -0.15) is 11.3 Å². The number of thiophene rings is 2. The zero-order valence-electron chi connectivity index (χ0n) is 14.3. The van der Waals surface area contributed by atoms with E-state index in [9.17, 15) is 9.59 Å². The Morgan fingerprint density at radius 3 is 2.38 bits per heavy atom. The third-order valence-electron chi connectivity index (χ3n) is 3.75. The van der Waals surface area contributed by atoms with Crippen LogP contribution in [0.3, 0.4) is 0 Å². The van der Waals surface area contributed by atoms with Gasteiger partial charge in [-0.05, 0) is 35.7 Å². The van der Waals surface area contributed by atoms with Gasteiger partial charge in [0.15, 0.2) is 0 Å². The van der Waals surface area contributed by atoms with Crippen LogP contribution in [0.2, 0.25) is 0 Å². The van der Waals surface area contributed by atoms with Crippen LogP contribution in [0.5, 0.6) is 11.5 Å². The van der Waals surface area contributed by atoms with Crippen LogP contribution in [0.25, 0.3) is 0 Å². The van der Waals surface area contributed by atoms with Crippen LogP contribution in [0, 0.1) is 0 Å². The minimum absolute atomic E-state index is 0.000208. The molecule has 0 atom stereocenters. The maximum absolute atomic E-state index is 12.6. The van der Waals surface area contributed by atoms with Crippen molar-refractivity contribution in [2.75, 3.05) is 14.2 Å². The van der Waals surface area contributed by atoms with E-state index in [-0.39, 0.29) is 11.7 Å². The molecule has 3 rings (SSSR count). The second-order valence-electron chi connectivity index (χ2n) is 5.33. The molecule has 0 fully saturated rings. The van der Waals surface area contributed by atoms with Crippen LogP contribution in [0.4, 0.5) is 0 Å². The first-order valence-corrected chi connectivity index (χ1v) is 9.54. The summed E-state index contributed by atoms with van der Waals surface area (Å²) in [5.74, 6) is 0.598. The molecular formula is C19H17NO4S2. The summed E-state index contributed by atoms with van der Waals surface area (Å²) in [5.41, 5.74) is 1.04. The number of amides is 1. The molecule has 0 saturated carbocycles. The maximum Gasteiger partial charge on any atom is 0.259 e. The Balaban J connectivity index is 1.70. The molecule has 26 heavy (non-hydrogen) atoms. The molecule has 134 valence electrons. The number of carbonyl (C=O) groups excluding carboxylic acids is 2. The standard InChI is InChI=1S/C19H17NO4S2/c1-23-14-4-3-5-15(24-2)17(14)19(22)20-10-13-6-7-16(26-13)18(21)12-8-9-25-11-12/h3-9,11H,10H2,1-2H3,(H,20,22). The zero-order valence-corrected chi connectivity index (χ0v) is 15.9. The highest BCUT2D eigenvalue weighted by molar-refractivity contribution is 7.14. The second-order valence-corrected chi connectivity index (χ2v) is 7.28. The Hall–Kier alpha value is -2.64. The molecule has 0 saturated heterocycles. The van der Waals surface area contributed by atoms with Gasteiger partial charge >= 0.3 is 0 Å². The first-order valence-electron chi connectivity index (χ1n) is 7.79. The van der Waals surface area contributed by atoms with Crippen molar-refractivity contribution in [3.63, 3.8) is 0 Å². The van der Waals surface area contributed by atoms with E-state index in [1.807, 2.05) is 22.9 Å². The first kappa shape index (κ1) is 18.2. The molecule has 0 aliphatic heterocycles. The van der Waals surface area contributed by atoms with Gasteiger partial charge in [-0.15, -0.1) is 11.3 Å². The summed E-state index contributed by atoms with van der Waals surface area (Å²) in [7, 11) is 3.01. The zero-order chi connectivity index (χ0) is 18.5. The fourth-order valence-electron chi connectivity index (χ4n) is 2.46. The van der Waals surface area contributed by atoms with Gasteiger partial charge in [-0.25, -0.2) is 0 Å². The van der Waals surface area contributed by atoms with Gasteiger partial charge in [0.2, 0.25) is 5.78 Å². The van der Waals surface area contributed by atoms with Crippen LogP contribution < -0.4 is 14.8 Å². The van der Waals surface area contributed by atoms with E-state index in [4.69, 9.17) is 9.47 Å². The van der Waals surface area contributed by atoms with Crippen LogP contribution >= 0.6 is 22.7 Å². The molecule has 5 nitrogen and oxygen atoms in total.